The maximum atomic E-state index is 6.21. The van der Waals surface area contributed by atoms with Gasteiger partial charge in [0.2, 0.25) is 0 Å². The molecule has 1 unspecified atom stereocenters. The zero-order valence-corrected chi connectivity index (χ0v) is 19.2. The van der Waals surface area contributed by atoms with Gasteiger partial charge >= 0.3 is 0 Å². The molecule has 1 aromatic carbocycles. The maximum absolute atomic E-state index is 6.21. The third kappa shape index (κ3) is 8.19. The van der Waals surface area contributed by atoms with Crippen LogP contribution in [0, 0.1) is 12.8 Å². The van der Waals surface area contributed by atoms with Crippen molar-refractivity contribution in [1.29, 1.82) is 0 Å². The van der Waals surface area contributed by atoms with Gasteiger partial charge in [0.05, 0.1) is 18.3 Å². The molecule has 6 nitrogen and oxygen atoms in total. The smallest absolute Gasteiger partial charge is 0.191 e. The second-order valence-corrected chi connectivity index (χ2v) is 7.03. The summed E-state index contributed by atoms with van der Waals surface area (Å²) in [6.45, 7) is 9.93. The molecule has 1 aromatic heterocycles. The van der Waals surface area contributed by atoms with Gasteiger partial charge in [0.25, 0.3) is 0 Å². The molecular formula is C20H32IN5O. The van der Waals surface area contributed by atoms with E-state index in [1.165, 1.54) is 5.56 Å². The zero-order valence-electron chi connectivity index (χ0n) is 16.9. The number of nitrogens with zero attached hydrogens (tertiary/aromatic N) is 2. The molecule has 0 radical (unpaired) electrons. The molecule has 0 aliphatic rings. The molecule has 0 amide bonds. The lowest BCUT2D eigenvalue weighted by atomic mass is 10.1. The van der Waals surface area contributed by atoms with Crippen LogP contribution in [0.15, 0.2) is 35.5 Å². The summed E-state index contributed by atoms with van der Waals surface area (Å²) in [5.74, 6) is 2.29. The number of H-pyrrole nitrogens is 1. The van der Waals surface area contributed by atoms with E-state index in [1.54, 1.807) is 13.2 Å². The van der Waals surface area contributed by atoms with Crippen LogP contribution in [0.1, 0.15) is 44.0 Å². The Morgan fingerprint density at radius 2 is 1.93 bits per heavy atom. The summed E-state index contributed by atoms with van der Waals surface area (Å²) in [7, 11) is 1.76. The van der Waals surface area contributed by atoms with Crippen LogP contribution in [0.3, 0.4) is 0 Å². The van der Waals surface area contributed by atoms with Crippen LogP contribution in [-0.2, 0) is 13.1 Å². The maximum Gasteiger partial charge on any atom is 0.191 e. The van der Waals surface area contributed by atoms with E-state index < -0.39 is 0 Å². The van der Waals surface area contributed by atoms with Crippen molar-refractivity contribution in [2.75, 3.05) is 7.05 Å². The van der Waals surface area contributed by atoms with Crippen molar-refractivity contribution in [3.05, 3.63) is 47.3 Å². The van der Waals surface area contributed by atoms with Crippen LogP contribution in [0.25, 0.3) is 0 Å². The molecule has 1 atom stereocenters. The number of benzene rings is 1. The predicted octanol–water partition coefficient (Wildman–Crippen LogP) is 4.01. The zero-order chi connectivity index (χ0) is 18.9. The Morgan fingerprint density at radius 3 is 2.56 bits per heavy atom. The van der Waals surface area contributed by atoms with E-state index in [-0.39, 0.29) is 30.1 Å². The monoisotopic (exact) mass is 485 g/mol. The molecule has 2 rings (SSSR count). The fraction of sp³-hybridized carbons (Fsp3) is 0.500. The van der Waals surface area contributed by atoms with Gasteiger partial charge in [-0.2, -0.15) is 5.10 Å². The molecule has 150 valence electrons. The number of aryl methyl sites for hydroxylation is 1. The Morgan fingerprint density at radius 1 is 1.19 bits per heavy atom. The summed E-state index contributed by atoms with van der Waals surface area (Å²) in [6.07, 6.45) is 2.96. The van der Waals surface area contributed by atoms with Crippen LogP contribution in [0.2, 0.25) is 0 Å². The number of halogens is 1. The highest BCUT2D eigenvalue weighted by atomic mass is 127. The minimum atomic E-state index is 0. The van der Waals surface area contributed by atoms with Crippen molar-refractivity contribution in [2.24, 2.45) is 10.9 Å². The first-order chi connectivity index (χ1) is 12.5. The van der Waals surface area contributed by atoms with Crippen LogP contribution >= 0.6 is 24.0 Å². The van der Waals surface area contributed by atoms with Gasteiger partial charge in [-0.1, -0.05) is 26.0 Å². The Bertz CT molecular complexity index is 700. The van der Waals surface area contributed by atoms with Gasteiger partial charge in [-0.05, 0) is 43.9 Å². The van der Waals surface area contributed by atoms with Gasteiger partial charge in [-0.15, -0.1) is 24.0 Å². The van der Waals surface area contributed by atoms with Crippen molar-refractivity contribution < 1.29 is 4.74 Å². The first-order valence-corrected chi connectivity index (χ1v) is 9.17. The van der Waals surface area contributed by atoms with Gasteiger partial charge < -0.3 is 15.4 Å². The predicted molar refractivity (Wildman–Crippen MR) is 122 cm³/mol. The minimum Gasteiger partial charge on any atom is -0.490 e. The second-order valence-electron chi connectivity index (χ2n) is 7.03. The topological polar surface area (TPSA) is 74.3 Å². The standard InChI is InChI=1S/C20H31N5O.HI/c1-14(2)10-16(4)26-19-11-15(3)6-7-17(19)12-22-20(21-5)23-13-18-8-9-24-25-18;/h6-9,11,14,16H,10,12-13H2,1-5H3,(H,24,25)(H2,21,22,23);1H. The number of hydrogen-bond donors (Lipinski definition) is 3. The third-order valence-electron chi connectivity index (χ3n) is 4.03. The van der Waals surface area contributed by atoms with E-state index in [1.807, 2.05) is 6.07 Å². The molecule has 0 aliphatic carbocycles. The van der Waals surface area contributed by atoms with Crippen LogP contribution in [-0.4, -0.2) is 29.3 Å². The third-order valence-corrected chi connectivity index (χ3v) is 4.03. The van der Waals surface area contributed by atoms with Gasteiger partial charge in [0.1, 0.15) is 5.75 Å². The molecule has 0 fully saturated rings. The van der Waals surface area contributed by atoms with Crippen molar-refractivity contribution in [1.82, 2.24) is 20.8 Å². The number of ether oxygens (including phenoxy) is 1. The van der Waals surface area contributed by atoms with Gasteiger partial charge in [-0.3, -0.25) is 10.1 Å². The normalized spacial score (nSPS) is 12.4. The van der Waals surface area contributed by atoms with E-state index in [9.17, 15) is 0 Å². The molecule has 0 spiro atoms. The molecule has 0 aliphatic heterocycles. The summed E-state index contributed by atoms with van der Waals surface area (Å²) in [5.41, 5.74) is 3.33. The van der Waals surface area contributed by atoms with Gasteiger partial charge in [-0.25, -0.2) is 0 Å². The molecule has 7 heteroatoms. The Balaban J connectivity index is 0.00000364. The van der Waals surface area contributed by atoms with E-state index in [0.29, 0.717) is 19.0 Å². The Kier molecular flexibility index (Phi) is 10.2. The molecule has 0 saturated carbocycles. The fourth-order valence-corrected chi connectivity index (χ4v) is 2.81. The lowest BCUT2D eigenvalue weighted by Gasteiger charge is -2.20. The van der Waals surface area contributed by atoms with Gasteiger partial charge in [0, 0.05) is 25.4 Å². The van der Waals surface area contributed by atoms with E-state index in [0.717, 1.165) is 29.4 Å². The first-order valence-electron chi connectivity index (χ1n) is 9.17. The van der Waals surface area contributed by atoms with Crippen molar-refractivity contribution in [2.45, 2.75) is 53.3 Å². The second kappa shape index (κ2) is 11.8. The number of rotatable bonds is 8. The number of aromatic amines is 1. The summed E-state index contributed by atoms with van der Waals surface area (Å²) in [4.78, 5) is 4.27. The van der Waals surface area contributed by atoms with Crippen LogP contribution in [0.5, 0.6) is 5.75 Å². The summed E-state index contributed by atoms with van der Waals surface area (Å²) < 4.78 is 6.21. The minimum absolute atomic E-state index is 0. The number of aliphatic imine (C=N–C) groups is 1. The largest absolute Gasteiger partial charge is 0.490 e. The highest BCUT2D eigenvalue weighted by Gasteiger charge is 2.11. The Labute approximate surface area is 179 Å². The number of nitrogens with one attached hydrogen (secondary N) is 3. The number of aromatic nitrogens is 2. The SMILES string of the molecule is CN=C(NCc1ccn[nH]1)NCc1ccc(C)cc1OC(C)CC(C)C.I. The molecule has 0 saturated heterocycles. The van der Waals surface area contributed by atoms with Crippen LogP contribution in [0.4, 0.5) is 0 Å². The molecule has 1 heterocycles. The fourth-order valence-electron chi connectivity index (χ4n) is 2.81. The highest BCUT2D eigenvalue weighted by molar-refractivity contribution is 14.0. The quantitative estimate of drug-likeness (QED) is 0.300. The van der Waals surface area contributed by atoms with E-state index in [4.69, 9.17) is 4.74 Å². The lowest BCUT2D eigenvalue weighted by molar-refractivity contribution is 0.191. The summed E-state index contributed by atoms with van der Waals surface area (Å²) in [5, 5.41) is 13.5. The summed E-state index contributed by atoms with van der Waals surface area (Å²) in [6, 6.07) is 8.26. The Hall–Kier alpha value is -1.77. The van der Waals surface area contributed by atoms with Crippen molar-refractivity contribution >= 4 is 29.9 Å². The van der Waals surface area contributed by atoms with E-state index in [2.05, 4.69) is 71.7 Å². The van der Waals surface area contributed by atoms with Crippen molar-refractivity contribution in [3.8, 4) is 5.75 Å². The van der Waals surface area contributed by atoms with Crippen molar-refractivity contribution in [3.63, 3.8) is 0 Å². The average molecular weight is 485 g/mol. The molecule has 27 heavy (non-hydrogen) atoms. The highest BCUT2D eigenvalue weighted by Crippen LogP contribution is 2.23. The lowest BCUT2D eigenvalue weighted by Crippen LogP contribution is -2.36. The number of guanidine groups is 1. The summed E-state index contributed by atoms with van der Waals surface area (Å²) >= 11 is 0. The van der Waals surface area contributed by atoms with Gasteiger partial charge in [0.15, 0.2) is 5.96 Å². The molecule has 2 aromatic rings. The first kappa shape index (κ1) is 23.3. The van der Waals surface area contributed by atoms with Crippen LogP contribution < -0.4 is 15.4 Å². The molecular weight excluding hydrogens is 453 g/mol. The molecule has 0 bridgehead atoms. The van der Waals surface area contributed by atoms with E-state index >= 15 is 0 Å². The number of hydrogen-bond acceptors (Lipinski definition) is 3. The molecule has 3 N–H and O–H groups in total. The average Bonchev–Trinajstić information content (AvgIpc) is 3.09.